The summed E-state index contributed by atoms with van der Waals surface area (Å²) < 4.78 is 19.3. The number of ether oxygens (including phenoxy) is 1. The molecule has 1 N–H and O–H groups in total. The monoisotopic (exact) mass is 266 g/mol. The molecule has 1 aromatic carbocycles. The largest absolute Gasteiger partial charge is 0.379 e. The van der Waals surface area contributed by atoms with Gasteiger partial charge in [0.2, 0.25) is 0 Å². The molecule has 1 saturated heterocycles. The number of benzene rings is 1. The van der Waals surface area contributed by atoms with Crippen LogP contribution in [0.2, 0.25) is 0 Å². The van der Waals surface area contributed by atoms with Crippen molar-refractivity contribution in [1.82, 2.24) is 10.2 Å². The molecule has 0 spiro atoms. The molecular formula is C15H23FN2O. The molecular weight excluding hydrogens is 243 g/mol. The van der Waals surface area contributed by atoms with Gasteiger partial charge in [-0.05, 0) is 27.1 Å². The Morgan fingerprint density at radius 2 is 2.16 bits per heavy atom. The average Bonchev–Trinajstić information content (AvgIpc) is 2.85. The minimum Gasteiger partial charge on any atom is -0.379 e. The molecule has 0 radical (unpaired) electrons. The number of likely N-dealkylation sites (N-methyl/N-ethyl adjacent to an activating group) is 1. The summed E-state index contributed by atoms with van der Waals surface area (Å²) in [5.74, 6) is 0.332. The summed E-state index contributed by atoms with van der Waals surface area (Å²) in [5, 5.41) is 3.28. The van der Waals surface area contributed by atoms with Crippen molar-refractivity contribution in [3.05, 3.63) is 35.6 Å². The van der Waals surface area contributed by atoms with E-state index in [0.717, 1.165) is 25.3 Å². The van der Waals surface area contributed by atoms with Crippen LogP contribution >= 0.6 is 0 Å². The van der Waals surface area contributed by atoms with Gasteiger partial charge in [-0.3, -0.25) is 4.90 Å². The number of halogens is 1. The molecule has 0 aliphatic carbocycles. The Balaban J connectivity index is 1.99. The van der Waals surface area contributed by atoms with Crippen molar-refractivity contribution in [1.29, 1.82) is 0 Å². The second kappa shape index (κ2) is 6.46. The highest BCUT2D eigenvalue weighted by atomic mass is 19.1. The normalized spacial score (nSPS) is 24.9. The Kier molecular flexibility index (Phi) is 4.91. The molecule has 106 valence electrons. The lowest BCUT2D eigenvalue weighted by Crippen LogP contribution is -2.39. The maximum absolute atomic E-state index is 13.8. The summed E-state index contributed by atoms with van der Waals surface area (Å²) in [7, 11) is 4.01. The van der Waals surface area contributed by atoms with Crippen LogP contribution < -0.4 is 5.32 Å². The van der Waals surface area contributed by atoms with E-state index in [1.807, 2.05) is 33.2 Å². The first-order valence-electron chi connectivity index (χ1n) is 6.83. The van der Waals surface area contributed by atoms with E-state index >= 15 is 0 Å². The molecule has 4 heteroatoms. The van der Waals surface area contributed by atoms with Crippen LogP contribution in [0.4, 0.5) is 4.39 Å². The van der Waals surface area contributed by atoms with E-state index in [1.165, 1.54) is 6.07 Å². The van der Waals surface area contributed by atoms with Crippen LogP contribution in [-0.4, -0.2) is 44.8 Å². The zero-order chi connectivity index (χ0) is 13.8. The highest BCUT2D eigenvalue weighted by molar-refractivity contribution is 5.20. The summed E-state index contributed by atoms with van der Waals surface area (Å²) in [6.07, 6.45) is 0. The van der Waals surface area contributed by atoms with Crippen molar-refractivity contribution in [2.24, 2.45) is 5.92 Å². The molecule has 0 saturated carbocycles. The molecule has 0 amide bonds. The van der Waals surface area contributed by atoms with E-state index < -0.39 is 0 Å². The zero-order valence-electron chi connectivity index (χ0n) is 11.9. The first-order valence-corrected chi connectivity index (χ1v) is 6.83. The van der Waals surface area contributed by atoms with Gasteiger partial charge in [0.1, 0.15) is 5.82 Å². The molecule has 1 fully saturated rings. The maximum atomic E-state index is 13.8. The molecule has 1 aliphatic heterocycles. The van der Waals surface area contributed by atoms with Crippen LogP contribution in [0.5, 0.6) is 0 Å². The fourth-order valence-electron chi connectivity index (χ4n) is 2.68. The Morgan fingerprint density at radius 3 is 2.84 bits per heavy atom. The maximum Gasteiger partial charge on any atom is 0.127 e. The predicted octanol–water partition coefficient (Wildman–Crippen LogP) is 2.05. The molecule has 3 unspecified atom stereocenters. The molecule has 3 atom stereocenters. The highest BCUT2D eigenvalue weighted by Gasteiger charge is 2.29. The summed E-state index contributed by atoms with van der Waals surface area (Å²) in [6.45, 7) is 4.49. The molecule has 2 rings (SSSR count). The van der Waals surface area contributed by atoms with Crippen LogP contribution in [0.25, 0.3) is 0 Å². The van der Waals surface area contributed by atoms with E-state index in [-0.39, 0.29) is 11.9 Å². The fourth-order valence-corrected chi connectivity index (χ4v) is 2.68. The van der Waals surface area contributed by atoms with Crippen molar-refractivity contribution in [3.63, 3.8) is 0 Å². The van der Waals surface area contributed by atoms with Crippen molar-refractivity contribution in [3.8, 4) is 0 Å². The lowest BCUT2D eigenvalue weighted by molar-refractivity contribution is 0.163. The fraction of sp³-hybridized carbons (Fsp3) is 0.600. The third kappa shape index (κ3) is 3.32. The van der Waals surface area contributed by atoms with Crippen molar-refractivity contribution in [2.75, 3.05) is 33.9 Å². The van der Waals surface area contributed by atoms with E-state index in [4.69, 9.17) is 4.74 Å². The minimum atomic E-state index is -0.130. The van der Waals surface area contributed by atoms with Crippen LogP contribution in [0.15, 0.2) is 24.3 Å². The number of nitrogens with one attached hydrogen (secondary N) is 1. The molecule has 19 heavy (non-hydrogen) atoms. The second-order valence-corrected chi connectivity index (χ2v) is 5.33. The van der Waals surface area contributed by atoms with Gasteiger partial charge in [-0.1, -0.05) is 18.2 Å². The highest BCUT2D eigenvalue weighted by Crippen LogP contribution is 2.24. The van der Waals surface area contributed by atoms with E-state index in [2.05, 4.69) is 10.2 Å². The van der Waals surface area contributed by atoms with Gasteiger partial charge in [-0.25, -0.2) is 4.39 Å². The van der Waals surface area contributed by atoms with Gasteiger partial charge < -0.3 is 10.1 Å². The average molecular weight is 266 g/mol. The molecule has 0 bridgehead atoms. The summed E-state index contributed by atoms with van der Waals surface area (Å²) >= 11 is 0. The molecule has 1 aliphatic rings. The van der Waals surface area contributed by atoms with Gasteiger partial charge in [0.05, 0.1) is 13.2 Å². The zero-order valence-corrected chi connectivity index (χ0v) is 11.9. The van der Waals surface area contributed by atoms with Gasteiger partial charge in [-0.15, -0.1) is 0 Å². The Morgan fingerprint density at radius 1 is 1.42 bits per heavy atom. The summed E-state index contributed by atoms with van der Waals surface area (Å²) in [4.78, 5) is 2.20. The molecule has 0 aromatic heterocycles. The van der Waals surface area contributed by atoms with Gasteiger partial charge in [0.25, 0.3) is 0 Å². The third-order valence-corrected chi connectivity index (χ3v) is 4.11. The third-order valence-electron chi connectivity index (χ3n) is 4.11. The van der Waals surface area contributed by atoms with E-state index in [9.17, 15) is 4.39 Å². The minimum absolute atomic E-state index is 0.0688. The van der Waals surface area contributed by atoms with E-state index in [1.54, 1.807) is 6.07 Å². The lowest BCUT2D eigenvalue weighted by atomic mass is 10.0. The number of nitrogens with zero attached hydrogens (tertiary/aromatic N) is 1. The number of hydrogen-bond acceptors (Lipinski definition) is 3. The van der Waals surface area contributed by atoms with Gasteiger partial charge in [-0.2, -0.15) is 0 Å². The van der Waals surface area contributed by atoms with Gasteiger partial charge in [0, 0.05) is 30.1 Å². The van der Waals surface area contributed by atoms with Crippen molar-refractivity contribution < 1.29 is 9.13 Å². The Hall–Kier alpha value is -0.970. The number of rotatable bonds is 5. The predicted molar refractivity (Wildman–Crippen MR) is 74.6 cm³/mol. The number of hydrogen-bond donors (Lipinski definition) is 1. The van der Waals surface area contributed by atoms with E-state index in [0.29, 0.717) is 12.0 Å². The van der Waals surface area contributed by atoms with Gasteiger partial charge >= 0.3 is 0 Å². The SMILES string of the molecule is CNC1COCC1CN(C)C(C)c1ccccc1F. The van der Waals surface area contributed by atoms with Crippen LogP contribution in [0.3, 0.4) is 0 Å². The van der Waals surface area contributed by atoms with Crippen LogP contribution in [0, 0.1) is 11.7 Å². The van der Waals surface area contributed by atoms with Gasteiger partial charge in [0.15, 0.2) is 0 Å². The quantitative estimate of drug-likeness (QED) is 0.883. The Bertz CT molecular complexity index is 413. The molecule has 1 aromatic rings. The Labute approximate surface area is 114 Å². The lowest BCUT2D eigenvalue weighted by Gasteiger charge is -2.29. The van der Waals surface area contributed by atoms with Crippen molar-refractivity contribution >= 4 is 0 Å². The summed E-state index contributed by atoms with van der Waals surface area (Å²) in [5.41, 5.74) is 0.755. The first kappa shape index (κ1) is 14.4. The molecule has 1 heterocycles. The first-order chi connectivity index (χ1) is 9.13. The van der Waals surface area contributed by atoms with Crippen molar-refractivity contribution in [2.45, 2.75) is 19.0 Å². The smallest absolute Gasteiger partial charge is 0.127 e. The second-order valence-electron chi connectivity index (χ2n) is 5.33. The summed E-state index contributed by atoms with van der Waals surface area (Å²) in [6, 6.07) is 7.46. The van der Waals surface area contributed by atoms with Crippen LogP contribution in [-0.2, 0) is 4.74 Å². The standard InChI is InChI=1S/C15H23FN2O/c1-11(13-6-4-5-7-14(13)16)18(3)8-12-9-19-10-15(12)17-2/h4-7,11-12,15,17H,8-10H2,1-3H3. The molecule has 3 nitrogen and oxygen atoms in total. The topological polar surface area (TPSA) is 24.5 Å². The van der Waals surface area contributed by atoms with Crippen LogP contribution in [0.1, 0.15) is 18.5 Å².